The minimum atomic E-state index is 0.691. The third-order valence-corrected chi connectivity index (χ3v) is 4.63. The molecule has 1 fully saturated rings. The molecule has 2 aliphatic rings. The van der Waals surface area contributed by atoms with Crippen molar-refractivity contribution in [1.29, 1.82) is 0 Å². The molecule has 3 nitrogen and oxygen atoms in total. The molecular weight excluding hydrogens is 232 g/mol. The number of fused-ring (bicyclic) bond motifs is 3. The van der Waals surface area contributed by atoms with Gasteiger partial charge < -0.3 is 15.0 Å². The maximum Gasteiger partial charge on any atom is 0.121 e. The summed E-state index contributed by atoms with van der Waals surface area (Å²) in [5.41, 5.74) is 2.56. The highest BCUT2D eigenvalue weighted by atomic mass is 32.2. The first kappa shape index (κ1) is 11.1. The lowest BCUT2D eigenvalue weighted by molar-refractivity contribution is 0.415. The number of ether oxygens (including phenoxy) is 1. The van der Waals surface area contributed by atoms with Gasteiger partial charge in [-0.05, 0) is 18.6 Å². The lowest BCUT2D eigenvalue weighted by Gasteiger charge is -2.36. The summed E-state index contributed by atoms with van der Waals surface area (Å²) < 4.78 is 5.29. The van der Waals surface area contributed by atoms with Crippen molar-refractivity contribution >= 4 is 23.1 Å². The molecule has 1 atom stereocenters. The van der Waals surface area contributed by atoms with Gasteiger partial charge in [0, 0.05) is 36.7 Å². The van der Waals surface area contributed by atoms with Gasteiger partial charge in [0.15, 0.2) is 0 Å². The molecule has 3 rings (SSSR count). The molecule has 0 bridgehead atoms. The highest BCUT2D eigenvalue weighted by molar-refractivity contribution is 7.99. The Morgan fingerprint density at radius 3 is 3.29 bits per heavy atom. The normalized spacial score (nSPS) is 23.1. The lowest BCUT2D eigenvalue weighted by Crippen LogP contribution is -2.42. The average molecular weight is 250 g/mol. The molecule has 0 amide bonds. The van der Waals surface area contributed by atoms with Gasteiger partial charge in [-0.2, -0.15) is 11.8 Å². The Labute approximate surface area is 107 Å². The van der Waals surface area contributed by atoms with E-state index in [2.05, 4.69) is 40.2 Å². The zero-order chi connectivity index (χ0) is 11.7. The zero-order valence-corrected chi connectivity index (χ0v) is 10.9. The highest BCUT2D eigenvalue weighted by Crippen LogP contribution is 2.36. The van der Waals surface area contributed by atoms with E-state index >= 15 is 0 Å². The average Bonchev–Trinajstić information content (AvgIpc) is 2.57. The van der Waals surface area contributed by atoms with Gasteiger partial charge >= 0.3 is 0 Å². The lowest BCUT2D eigenvalue weighted by atomic mass is 10.1. The van der Waals surface area contributed by atoms with Crippen molar-refractivity contribution in [3.63, 3.8) is 0 Å². The van der Waals surface area contributed by atoms with Gasteiger partial charge in [0.1, 0.15) is 5.75 Å². The Hall–Kier alpha value is -1.03. The van der Waals surface area contributed by atoms with E-state index < -0.39 is 0 Å². The predicted octanol–water partition coefficient (Wildman–Crippen LogP) is 2.43. The Morgan fingerprint density at radius 2 is 2.41 bits per heavy atom. The van der Waals surface area contributed by atoms with Crippen molar-refractivity contribution in [2.24, 2.45) is 0 Å². The van der Waals surface area contributed by atoms with Crippen LogP contribution in [0, 0.1) is 0 Å². The van der Waals surface area contributed by atoms with Gasteiger partial charge in [0.05, 0.1) is 18.5 Å². The van der Waals surface area contributed by atoms with Crippen molar-refractivity contribution in [3.8, 4) is 5.75 Å². The molecule has 0 aromatic heterocycles. The summed E-state index contributed by atoms with van der Waals surface area (Å²) in [6, 6.07) is 7.05. The molecule has 4 heteroatoms. The van der Waals surface area contributed by atoms with E-state index in [1.165, 1.54) is 29.3 Å². The minimum Gasteiger partial charge on any atom is -0.497 e. The van der Waals surface area contributed by atoms with Crippen LogP contribution in [-0.2, 0) is 0 Å². The first-order valence-electron chi connectivity index (χ1n) is 6.15. The monoisotopic (exact) mass is 250 g/mol. The van der Waals surface area contributed by atoms with E-state index in [-0.39, 0.29) is 0 Å². The van der Waals surface area contributed by atoms with Gasteiger partial charge in [-0.25, -0.2) is 0 Å². The number of benzene rings is 1. The van der Waals surface area contributed by atoms with E-state index in [0.717, 1.165) is 18.8 Å². The molecule has 0 spiro atoms. The van der Waals surface area contributed by atoms with Crippen molar-refractivity contribution in [2.75, 3.05) is 41.9 Å². The van der Waals surface area contributed by atoms with E-state index in [9.17, 15) is 0 Å². The summed E-state index contributed by atoms with van der Waals surface area (Å²) >= 11 is 2.08. The van der Waals surface area contributed by atoms with Gasteiger partial charge in [0.2, 0.25) is 0 Å². The summed E-state index contributed by atoms with van der Waals surface area (Å²) in [7, 11) is 1.72. The van der Waals surface area contributed by atoms with Crippen LogP contribution in [-0.4, -0.2) is 37.7 Å². The second-order valence-electron chi connectivity index (χ2n) is 4.52. The van der Waals surface area contributed by atoms with Crippen molar-refractivity contribution in [3.05, 3.63) is 18.2 Å². The fraction of sp³-hybridized carbons (Fsp3) is 0.538. The summed E-state index contributed by atoms with van der Waals surface area (Å²) in [5.74, 6) is 3.43. The van der Waals surface area contributed by atoms with Crippen LogP contribution in [0.1, 0.15) is 6.42 Å². The molecule has 0 radical (unpaired) electrons. The molecule has 0 saturated carbocycles. The smallest absolute Gasteiger partial charge is 0.121 e. The SMILES string of the molecule is COc1ccc2c(c1)NCCC1CSCCN21. The Kier molecular flexibility index (Phi) is 3.05. The van der Waals surface area contributed by atoms with Gasteiger partial charge in [-0.15, -0.1) is 0 Å². The largest absolute Gasteiger partial charge is 0.497 e. The zero-order valence-electron chi connectivity index (χ0n) is 10.1. The fourth-order valence-corrected chi connectivity index (χ4v) is 3.73. The Bertz CT molecular complexity index is 410. The molecule has 1 aromatic rings. The van der Waals surface area contributed by atoms with Crippen LogP contribution < -0.4 is 15.0 Å². The third-order valence-electron chi connectivity index (χ3n) is 3.53. The standard InChI is InChI=1S/C13H18N2OS/c1-16-11-2-3-13-12(8-11)14-5-4-10-9-17-7-6-15(10)13/h2-3,8,10,14H,4-7,9H2,1H3. The van der Waals surface area contributed by atoms with Crippen LogP contribution in [0.5, 0.6) is 5.75 Å². The number of thioether (sulfide) groups is 1. The molecule has 1 aromatic carbocycles. The molecule has 17 heavy (non-hydrogen) atoms. The summed E-state index contributed by atoms with van der Waals surface area (Å²) in [4.78, 5) is 2.56. The minimum absolute atomic E-state index is 0.691. The molecule has 1 saturated heterocycles. The number of rotatable bonds is 1. The van der Waals surface area contributed by atoms with Gasteiger partial charge in [-0.3, -0.25) is 0 Å². The number of methoxy groups -OCH3 is 1. The fourth-order valence-electron chi connectivity index (χ4n) is 2.62. The van der Waals surface area contributed by atoms with E-state index in [4.69, 9.17) is 4.74 Å². The van der Waals surface area contributed by atoms with Gasteiger partial charge in [-0.1, -0.05) is 0 Å². The second-order valence-corrected chi connectivity index (χ2v) is 5.67. The number of nitrogens with zero attached hydrogens (tertiary/aromatic N) is 1. The van der Waals surface area contributed by atoms with E-state index in [1.807, 2.05) is 0 Å². The number of hydrogen-bond donors (Lipinski definition) is 1. The summed E-state index contributed by atoms with van der Waals surface area (Å²) in [5, 5.41) is 3.53. The molecule has 1 unspecified atom stereocenters. The maximum atomic E-state index is 5.29. The number of hydrogen-bond acceptors (Lipinski definition) is 4. The first-order chi connectivity index (χ1) is 8.38. The van der Waals surface area contributed by atoms with Crippen LogP contribution >= 0.6 is 11.8 Å². The van der Waals surface area contributed by atoms with Crippen molar-refractivity contribution < 1.29 is 4.74 Å². The molecule has 2 heterocycles. The quantitative estimate of drug-likeness (QED) is 0.827. The van der Waals surface area contributed by atoms with E-state index in [0.29, 0.717) is 6.04 Å². The number of anilines is 2. The topological polar surface area (TPSA) is 24.5 Å². The second kappa shape index (κ2) is 4.69. The first-order valence-corrected chi connectivity index (χ1v) is 7.30. The summed E-state index contributed by atoms with van der Waals surface area (Å²) in [6.07, 6.45) is 1.23. The molecular formula is C13H18N2OS. The number of nitrogens with one attached hydrogen (secondary N) is 1. The Morgan fingerprint density at radius 1 is 1.47 bits per heavy atom. The van der Waals surface area contributed by atoms with Crippen molar-refractivity contribution in [2.45, 2.75) is 12.5 Å². The molecule has 1 N–H and O–H groups in total. The van der Waals surface area contributed by atoms with Crippen molar-refractivity contribution in [1.82, 2.24) is 0 Å². The van der Waals surface area contributed by atoms with Crippen LogP contribution in [0.25, 0.3) is 0 Å². The van der Waals surface area contributed by atoms with Crippen LogP contribution in [0.4, 0.5) is 11.4 Å². The third kappa shape index (κ3) is 2.06. The summed E-state index contributed by atoms with van der Waals surface area (Å²) in [6.45, 7) is 2.22. The van der Waals surface area contributed by atoms with Gasteiger partial charge in [0.25, 0.3) is 0 Å². The van der Waals surface area contributed by atoms with Crippen LogP contribution in [0.15, 0.2) is 18.2 Å². The highest BCUT2D eigenvalue weighted by Gasteiger charge is 2.26. The van der Waals surface area contributed by atoms with Crippen LogP contribution in [0.3, 0.4) is 0 Å². The van der Waals surface area contributed by atoms with E-state index in [1.54, 1.807) is 7.11 Å². The molecule has 0 aliphatic carbocycles. The molecule has 92 valence electrons. The Balaban J connectivity index is 1.97. The maximum absolute atomic E-state index is 5.29. The predicted molar refractivity (Wildman–Crippen MR) is 74.6 cm³/mol. The molecule has 2 aliphatic heterocycles. The van der Waals surface area contributed by atoms with Crippen LogP contribution in [0.2, 0.25) is 0 Å².